The van der Waals surface area contributed by atoms with Crippen LogP contribution in [0.25, 0.3) is 0 Å². The van der Waals surface area contributed by atoms with E-state index in [0.29, 0.717) is 0 Å². The molecule has 0 bridgehead atoms. The maximum Gasteiger partial charge on any atom is 0.276 e. The Balaban J connectivity index is 2.24. The minimum Gasteiger partial charge on any atom is -0.372 e. The summed E-state index contributed by atoms with van der Waals surface area (Å²) in [5.41, 5.74) is 2.86. The van der Waals surface area contributed by atoms with Gasteiger partial charge in [-0.15, -0.1) is 0 Å². The van der Waals surface area contributed by atoms with Crippen LogP contribution in [0, 0.1) is 6.92 Å². The van der Waals surface area contributed by atoms with Crippen molar-refractivity contribution < 1.29 is 4.79 Å². The number of anilines is 2. The molecular formula is C19H26N4O2. The van der Waals surface area contributed by atoms with Gasteiger partial charge < -0.3 is 10.2 Å². The molecule has 25 heavy (non-hydrogen) atoms. The van der Waals surface area contributed by atoms with Crippen molar-refractivity contribution in [3.05, 3.63) is 51.9 Å². The summed E-state index contributed by atoms with van der Waals surface area (Å²) in [5.74, 6) is -0.326. The molecule has 0 spiro atoms. The molecule has 1 N–H and O–H groups in total. The maximum atomic E-state index is 12.5. The number of amides is 1. The number of nitrogens with zero attached hydrogens (tertiary/aromatic N) is 3. The number of hydrogen-bond acceptors (Lipinski definition) is 4. The average Bonchev–Trinajstić information content (AvgIpc) is 2.58. The van der Waals surface area contributed by atoms with Crippen molar-refractivity contribution in [3.63, 3.8) is 0 Å². The Bertz CT molecular complexity index is 807. The summed E-state index contributed by atoms with van der Waals surface area (Å²) < 4.78 is 1.31. The van der Waals surface area contributed by atoms with Crippen molar-refractivity contribution in [2.45, 2.75) is 40.7 Å². The Morgan fingerprint density at radius 1 is 1.20 bits per heavy atom. The fourth-order valence-corrected chi connectivity index (χ4v) is 2.68. The van der Waals surface area contributed by atoms with Gasteiger partial charge in [0.15, 0.2) is 0 Å². The first-order chi connectivity index (χ1) is 11.9. The molecule has 0 radical (unpaired) electrons. The molecule has 2 rings (SSSR count). The van der Waals surface area contributed by atoms with Crippen LogP contribution in [-0.4, -0.2) is 28.8 Å². The third-order valence-electron chi connectivity index (χ3n) is 4.13. The van der Waals surface area contributed by atoms with E-state index in [1.54, 1.807) is 0 Å². The Hall–Kier alpha value is -2.63. The second kappa shape index (κ2) is 7.96. The number of carbonyl (C=O) groups is 1. The first-order valence-electron chi connectivity index (χ1n) is 8.64. The maximum absolute atomic E-state index is 12.5. The zero-order valence-electron chi connectivity index (χ0n) is 15.5. The lowest BCUT2D eigenvalue weighted by Crippen LogP contribution is -2.27. The molecule has 0 saturated heterocycles. The molecule has 0 aliphatic carbocycles. The zero-order chi connectivity index (χ0) is 18.6. The van der Waals surface area contributed by atoms with E-state index in [-0.39, 0.29) is 23.2 Å². The Kier molecular flexibility index (Phi) is 5.96. The highest BCUT2D eigenvalue weighted by Gasteiger charge is 2.13. The largest absolute Gasteiger partial charge is 0.372 e. The summed E-state index contributed by atoms with van der Waals surface area (Å²) >= 11 is 0. The van der Waals surface area contributed by atoms with Gasteiger partial charge in [0, 0.05) is 30.5 Å². The molecular weight excluding hydrogens is 316 g/mol. The summed E-state index contributed by atoms with van der Waals surface area (Å²) in [6.45, 7) is 11.8. The lowest BCUT2D eigenvalue weighted by Gasteiger charge is -2.22. The predicted molar refractivity (Wildman–Crippen MR) is 102 cm³/mol. The van der Waals surface area contributed by atoms with E-state index in [9.17, 15) is 9.59 Å². The van der Waals surface area contributed by atoms with Crippen molar-refractivity contribution >= 4 is 17.3 Å². The number of aromatic nitrogens is 2. The van der Waals surface area contributed by atoms with Crippen LogP contribution in [0.4, 0.5) is 11.4 Å². The molecule has 1 heterocycles. The van der Waals surface area contributed by atoms with E-state index in [1.165, 1.54) is 16.8 Å². The molecule has 0 aliphatic heterocycles. The summed E-state index contributed by atoms with van der Waals surface area (Å²) in [4.78, 5) is 26.5. The summed E-state index contributed by atoms with van der Waals surface area (Å²) in [7, 11) is 0. The van der Waals surface area contributed by atoms with Gasteiger partial charge in [0.25, 0.3) is 11.5 Å². The van der Waals surface area contributed by atoms with Gasteiger partial charge in [0.1, 0.15) is 5.69 Å². The molecule has 6 heteroatoms. The molecule has 1 aromatic heterocycles. The van der Waals surface area contributed by atoms with Crippen LogP contribution in [-0.2, 0) is 0 Å². The van der Waals surface area contributed by atoms with Crippen LogP contribution in [0.15, 0.2) is 35.1 Å². The van der Waals surface area contributed by atoms with Gasteiger partial charge >= 0.3 is 0 Å². The van der Waals surface area contributed by atoms with E-state index < -0.39 is 0 Å². The van der Waals surface area contributed by atoms with Crippen LogP contribution >= 0.6 is 0 Å². The van der Waals surface area contributed by atoms with Crippen LogP contribution in [0.5, 0.6) is 0 Å². The smallest absolute Gasteiger partial charge is 0.276 e. The standard InChI is InChI=1S/C19H26N4O2/c1-6-22(7-2)15-8-9-16(14(5)12-15)20-19(25)17-10-11-18(24)23(21-17)13(3)4/h8-13H,6-7H2,1-5H3,(H,20,25). The summed E-state index contributed by atoms with van der Waals surface area (Å²) in [5, 5.41) is 7.03. The number of benzene rings is 1. The lowest BCUT2D eigenvalue weighted by atomic mass is 10.1. The number of carbonyl (C=O) groups excluding carboxylic acids is 1. The van der Waals surface area contributed by atoms with E-state index in [2.05, 4.69) is 35.2 Å². The first kappa shape index (κ1) is 18.7. The number of hydrogen-bond donors (Lipinski definition) is 1. The third kappa shape index (κ3) is 4.26. The van der Waals surface area contributed by atoms with Gasteiger partial charge in [-0.05, 0) is 64.4 Å². The highest BCUT2D eigenvalue weighted by atomic mass is 16.2. The first-order valence-corrected chi connectivity index (χ1v) is 8.64. The van der Waals surface area contributed by atoms with Gasteiger partial charge in [-0.1, -0.05) is 0 Å². The van der Waals surface area contributed by atoms with Crippen LogP contribution in [0.1, 0.15) is 49.8 Å². The van der Waals surface area contributed by atoms with Crippen LogP contribution in [0.2, 0.25) is 0 Å². The Morgan fingerprint density at radius 2 is 1.88 bits per heavy atom. The van der Waals surface area contributed by atoms with Gasteiger partial charge in [0.05, 0.1) is 6.04 Å². The second-order valence-electron chi connectivity index (χ2n) is 6.22. The van der Waals surface area contributed by atoms with Gasteiger partial charge in [0.2, 0.25) is 0 Å². The van der Waals surface area contributed by atoms with Gasteiger partial charge in [-0.25, -0.2) is 4.68 Å². The summed E-state index contributed by atoms with van der Waals surface area (Å²) in [6.07, 6.45) is 0. The molecule has 1 aromatic carbocycles. The number of nitrogens with one attached hydrogen (secondary N) is 1. The highest BCUT2D eigenvalue weighted by Crippen LogP contribution is 2.23. The Morgan fingerprint density at radius 3 is 2.44 bits per heavy atom. The van der Waals surface area contributed by atoms with E-state index in [0.717, 1.165) is 30.0 Å². The number of aryl methyl sites for hydroxylation is 1. The lowest BCUT2D eigenvalue weighted by molar-refractivity contribution is 0.101. The molecule has 0 fully saturated rings. The topological polar surface area (TPSA) is 67.2 Å². The van der Waals surface area contributed by atoms with Crippen molar-refractivity contribution in [1.82, 2.24) is 9.78 Å². The predicted octanol–water partition coefficient (Wildman–Crippen LogP) is 3.23. The minimum absolute atomic E-state index is 0.102. The number of rotatable bonds is 6. The summed E-state index contributed by atoms with van der Waals surface area (Å²) in [6, 6.07) is 8.69. The average molecular weight is 342 g/mol. The fraction of sp³-hybridized carbons (Fsp3) is 0.421. The quantitative estimate of drug-likeness (QED) is 0.875. The van der Waals surface area contributed by atoms with Crippen LogP contribution < -0.4 is 15.8 Å². The van der Waals surface area contributed by atoms with Crippen molar-refractivity contribution in [2.24, 2.45) is 0 Å². The molecule has 1 amide bonds. The monoisotopic (exact) mass is 342 g/mol. The minimum atomic E-state index is -0.326. The normalized spacial score (nSPS) is 10.8. The molecule has 0 unspecified atom stereocenters. The molecule has 134 valence electrons. The van der Waals surface area contributed by atoms with E-state index >= 15 is 0 Å². The van der Waals surface area contributed by atoms with E-state index in [1.807, 2.05) is 32.9 Å². The molecule has 0 atom stereocenters. The van der Waals surface area contributed by atoms with E-state index in [4.69, 9.17) is 0 Å². The molecule has 2 aromatic rings. The van der Waals surface area contributed by atoms with Gasteiger partial charge in [-0.3, -0.25) is 9.59 Å². The van der Waals surface area contributed by atoms with Crippen LogP contribution in [0.3, 0.4) is 0 Å². The van der Waals surface area contributed by atoms with Crippen molar-refractivity contribution in [3.8, 4) is 0 Å². The fourth-order valence-electron chi connectivity index (χ4n) is 2.68. The molecule has 0 aliphatic rings. The second-order valence-corrected chi connectivity index (χ2v) is 6.22. The molecule has 6 nitrogen and oxygen atoms in total. The zero-order valence-corrected chi connectivity index (χ0v) is 15.5. The molecule has 0 saturated carbocycles. The Labute approximate surface area is 148 Å². The van der Waals surface area contributed by atoms with Gasteiger partial charge in [-0.2, -0.15) is 5.10 Å². The highest BCUT2D eigenvalue weighted by molar-refractivity contribution is 6.03. The third-order valence-corrected chi connectivity index (χ3v) is 4.13. The van der Waals surface area contributed by atoms with Crippen molar-refractivity contribution in [2.75, 3.05) is 23.3 Å². The van der Waals surface area contributed by atoms with Crippen molar-refractivity contribution in [1.29, 1.82) is 0 Å². The SMILES string of the molecule is CCN(CC)c1ccc(NC(=O)c2ccc(=O)n(C(C)C)n2)c(C)c1.